The van der Waals surface area contributed by atoms with Crippen LogP contribution in [-0.2, 0) is 4.79 Å². The molecule has 0 saturated carbocycles. The summed E-state index contributed by atoms with van der Waals surface area (Å²) >= 11 is 0. The minimum absolute atomic E-state index is 0.158. The number of hydrogen-bond donors (Lipinski definition) is 1. The Hall–Kier alpha value is -2.06. The number of ether oxygens (including phenoxy) is 1. The number of hydrogen-bond acceptors (Lipinski definition) is 4. The van der Waals surface area contributed by atoms with Crippen LogP contribution < -0.4 is 10.5 Å². The molecule has 1 unspecified atom stereocenters. The summed E-state index contributed by atoms with van der Waals surface area (Å²) in [6, 6.07) is 8.95. The topological polar surface area (TPSA) is 79.3 Å². The number of nitrogens with two attached hydrogens (primary N) is 1. The predicted octanol–water partition coefficient (Wildman–Crippen LogP) is 0.887. The second-order valence-corrected chi connectivity index (χ2v) is 4.58. The van der Waals surface area contributed by atoms with E-state index in [1.165, 1.54) is 0 Å². The summed E-state index contributed by atoms with van der Waals surface area (Å²) in [5.41, 5.74) is 5.93. The van der Waals surface area contributed by atoms with E-state index < -0.39 is 0 Å². The standard InChI is InChI=1S/C14H17N3O2/c15-10-11-3-1-4-12(9-11)19-8-7-17-6-2-5-13(17)14(16)18/h1,3-4,9,13H,2,5-8H2,(H2,16,18). The molecule has 1 aromatic rings. The molecular formula is C14H17N3O2. The molecule has 100 valence electrons. The molecule has 2 N–H and O–H groups in total. The Labute approximate surface area is 112 Å². The molecule has 5 nitrogen and oxygen atoms in total. The Morgan fingerprint density at radius 2 is 2.42 bits per heavy atom. The highest BCUT2D eigenvalue weighted by atomic mass is 16.5. The molecule has 1 atom stereocenters. The summed E-state index contributed by atoms with van der Waals surface area (Å²) < 4.78 is 5.59. The highest BCUT2D eigenvalue weighted by Crippen LogP contribution is 2.17. The monoisotopic (exact) mass is 259 g/mol. The molecular weight excluding hydrogens is 242 g/mol. The molecule has 1 amide bonds. The van der Waals surface area contributed by atoms with Crippen LogP contribution in [0.25, 0.3) is 0 Å². The van der Waals surface area contributed by atoms with Crippen molar-refractivity contribution in [3.05, 3.63) is 29.8 Å². The van der Waals surface area contributed by atoms with E-state index in [0.29, 0.717) is 24.5 Å². The van der Waals surface area contributed by atoms with Gasteiger partial charge >= 0.3 is 0 Å². The molecule has 1 aromatic carbocycles. The van der Waals surface area contributed by atoms with E-state index in [1.54, 1.807) is 18.2 Å². The van der Waals surface area contributed by atoms with Crippen LogP contribution in [-0.4, -0.2) is 36.5 Å². The maximum atomic E-state index is 11.2. The van der Waals surface area contributed by atoms with E-state index in [4.69, 9.17) is 15.7 Å². The molecule has 0 spiro atoms. The van der Waals surface area contributed by atoms with Gasteiger partial charge in [-0.1, -0.05) is 6.07 Å². The largest absolute Gasteiger partial charge is 0.492 e. The van der Waals surface area contributed by atoms with Crippen molar-refractivity contribution < 1.29 is 9.53 Å². The van der Waals surface area contributed by atoms with Crippen LogP contribution in [0.2, 0.25) is 0 Å². The smallest absolute Gasteiger partial charge is 0.234 e. The van der Waals surface area contributed by atoms with Crippen molar-refractivity contribution in [3.8, 4) is 11.8 Å². The predicted molar refractivity (Wildman–Crippen MR) is 70.4 cm³/mol. The van der Waals surface area contributed by atoms with Gasteiger partial charge in [-0.3, -0.25) is 9.69 Å². The van der Waals surface area contributed by atoms with Gasteiger partial charge < -0.3 is 10.5 Å². The van der Waals surface area contributed by atoms with Crippen LogP contribution in [0.5, 0.6) is 5.75 Å². The third kappa shape index (κ3) is 3.46. The quantitative estimate of drug-likeness (QED) is 0.851. The van der Waals surface area contributed by atoms with Gasteiger partial charge in [0.2, 0.25) is 5.91 Å². The van der Waals surface area contributed by atoms with E-state index in [9.17, 15) is 4.79 Å². The first-order chi connectivity index (χ1) is 9.20. The van der Waals surface area contributed by atoms with Gasteiger partial charge in [0.05, 0.1) is 17.7 Å². The molecule has 1 fully saturated rings. The Morgan fingerprint density at radius 1 is 1.58 bits per heavy atom. The van der Waals surface area contributed by atoms with Crippen LogP contribution in [0.4, 0.5) is 0 Å². The van der Waals surface area contributed by atoms with Crippen LogP contribution in [0.15, 0.2) is 24.3 Å². The zero-order valence-corrected chi connectivity index (χ0v) is 10.7. The molecule has 0 radical (unpaired) electrons. The van der Waals surface area contributed by atoms with Crippen LogP contribution in [0, 0.1) is 11.3 Å². The molecule has 19 heavy (non-hydrogen) atoms. The van der Waals surface area contributed by atoms with Gasteiger partial charge in [-0.2, -0.15) is 5.26 Å². The summed E-state index contributed by atoms with van der Waals surface area (Å²) in [7, 11) is 0. The number of nitrogens with zero attached hydrogens (tertiary/aromatic N) is 2. The molecule has 0 bridgehead atoms. The van der Waals surface area contributed by atoms with Gasteiger partial charge in [0.25, 0.3) is 0 Å². The Morgan fingerprint density at radius 3 is 3.16 bits per heavy atom. The van der Waals surface area contributed by atoms with Gasteiger partial charge in [-0.25, -0.2) is 0 Å². The average molecular weight is 259 g/mol. The van der Waals surface area contributed by atoms with E-state index in [-0.39, 0.29) is 11.9 Å². The van der Waals surface area contributed by atoms with Gasteiger partial charge in [0, 0.05) is 6.54 Å². The molecule has 1 heterocycles. The van der Waals surface area contributed by atoms with Crippen molar-refractivity contribution in [2.24, 2.45) is 5.73 Å². The van der Waals surface area contributed by atoms with Crippen LogP contribution in [0.1, 0.15) is 18.4 Å². The lowest BCUT2D eigenvalue weighted by molar-refractivity contribution is -0.122. The minimum atomic E-state index is -0.260. The fourth-order valence-corrected chi connectivity index (χ4v) is 2.35. The molecule has 0 aromatic heterocycles. The summed E-state index contributed by atoms with van der Waals surface area (Å²) in [4.78, 5) is 13.3. The average Bonchev–Trinajstić information content (AvgIpc) is 2.87. The normalized spacial score (nSPS) is 19.0. The van der Waals surface area contributed by atoms with E-state index in [1.807, 2.05) is 6.07 Å². The molecule has 1 saturated heterocycles. The fraction of sp³-hybridized carbons (Fsp3) is 0.429. The lowest BCUT2D eigenvalue weighted by Gasteiger charge is -2.21. The number of likely N-dealkylation sites (tertiary alicyclic amines) is 1. The third-order valence-corrected chi connectivity index (χ3v) is 3.30. The van der Waals surface area contributed by atoms with Crippen LogP contribution >= 0.6 is 0 Å². The van der Waals surface area contributed by atoms with Gasteiger partial charge in [-0.05, 0) is 37.6 Å². The highest BCUT2D eigenvalue weighted by molar-refractivity contribution is 5.80. The zero-order chi connectivity index (χ0) is 13.7. The second kappa shape index (κ2) is 6.21. The highest BCUT2D eigenvalue weighted by Gasteiger charge is 2.28. The van der Waals surface area contributed by atoms with E-state index in [0.717, 1.165) is 19.4 Å². The van der Waals surface area contributed by atoms with Crippen molar-refractivity contribution in [2.45, 2.75) is 18.9 Å². The summed E-state index contributed by atoms with van der Waals surface area (Å²) in [5.74, 6) is 0.415. The summed E-state index contributed by atoms with van der Waals surface area (Å²) in [6.07, 6.45) is 1.83. The Bertz CT molecular complexity index is 496. The van der Waals surface area contributed by atoms with Crippen molar-refractivity contribution in [2.75, 3.05) is 19.7 Å². The summed E-state index contributed by atoms with van der Waals surface area (Å²) in [6.45, 7) is 2.04. The van der Waals surface area contributed by atoms with Gasteiger partial charge in [-0.15, -0.1) is 0 Å². The van der Waals surface area contributed by atoms with Gasteiger partial charge in [0.15, 0.2) is 0 Å². The number of primary amides is 1. The van der Waals surface area contributed by atoms with E-state index >= 15 is 0 Å². The first kappa shape index (κ1) is 13.4. The maximum absolute atomic E-state index is 11.2. The van der Waals surface area contributed by atoms with Crippen molar-refractivity contribution >= 4 is 5.91 Å². The first-order valence-corrected chi connectivity index (χ1v) is 6.37. The zero-order valence-electron chi connectivity index (χ0n) is 10.7. The van der Waals surface area contributed by atoms with Crippen molar-refractivity contribution in [3.63, 3.8) is 0 Å². The SMILES string of the molecule is N#Cc1cccc(OCCN2CCCC2C(N)=O)c1. The Balaban J connectivity index is 1.83. The molecule has 1 aliphatic heterocycles. The second-order valence-electron chi connectivity index (χ2n) is 4.58. The summed E-state index contributed by atoms with van der Waals surface area (Å²) in [5, 5.41) is 8.79. The number of benzene rings is 1. The number of nitriles is 1. The van der Waals surface area contributed by atoms with Crippen molar-refractivity contribution in [1.82, 2.24) is 4.90 Å². The maximum Gasteiger partial charge on any atom is 0.234 e. The number of rotatable bonds is 5. The first-order valence-electron chi connectivity index (χ1n) is 6.37. The van der Waals surface area contributed by atoms with Crippen molar-refractivity contribution in [1.29, 1.82) is 5.26 Å². The Kier molecular flexibility index (Phi) is 4.37. The van der Waals surface area contributed by atoms with Crippen LogP contribution in [0.3, 0.4) is 0 Å². The lowest BCUT2D eigenvalue weighted by atomic mass is 10.2. The lowest BCUT2D eigenvalue weighted by Crippen LogP contribution is -2.42. The number of carbonyl (C=O) groups excluding carboxylic acids is 1. The number of amides is 1. The molecule has 0 aliphatic carbocycles. The molecule has 2 rings (SSSR count). The minimum Gasteiger partial charge on any atom is -0.492 e. The third-order valence-electron chi connectivity index (χ3n) is 3.30. The molecule has 5 heteroatoms. The van der Waals surface area contributed by atoms with Gasteiger partial charge in [0.1, 0.15) is 12.4 Å². The van der Waals surface area contributed by atoms with E-state index in [2.05, 4.69) is 11.0 Å². The molecule has 1 aliphatic rings. The number of carbonyl (C=O) groups is 1. The fourth-order valence-electron chi connectivity index (χ4n) is 2.35.